The van der Waals surface area contributed by atoms with Gasteiger partial charge >= 0.3 is 0 Å². The van der Waals surface area contributed by atoms with Crippen LogP contribution in [0.4, 0.5) is 8.78 Å². The summed E-state index contributed by atoms with van der Waals surface area (Å²) in [6, 6.07) is 2.44. The molecule has 0 aromatic heterocycles. The lowest BCUT2D eigenvalue weighted by Gasteiger charge is -2.06. The minimum absolute atomic E-state index is 0.160. The molecule has 0 nitrogen and oxygen atoms in total. The van der Waals surface area contributed by atoms with Crippen molar-refractivity contribution < 1.29 is 8.78 Å². The third-order valence-electron chi connectivity index (χ3n) is 1.71. The summed E-state index contributed by atoms with van der Waals surface area (Å²) in [7, 11) is 0. The van der Waals surface area contributed by atoms with Crippen molar-refractivity contribution in [2.24, 2.45) is 0 Å². The topological polar surface area (TPSA) is 0 Å². The Kier molecular flexibility index (Phi) is 2.83. The van der Waals surface area contributed by atoms with Crippen LogP contribution in [0, 0.1) is 18.6 Å². The molecule has 0 N–H and O–H groups in total. The van der Waals surface area contributed by atoms with Gasteiger partial charge in [-0.2, -0.15) is 0 Å². The molecule has 1 rings (SSSR count). The third kappa shape index (κ3) is 1.83. The van der Waals surface area contributed by atoms with Crippen molar-refractivity contribution >= 4 is 15.9 Å². The first kappa shape index (κ1) is 9.65. The number of halogens is 3. The second-order valence-electron chi connectivity index (χ2n) is 2.74. The molecular formula is C9H9BrF2. The van der Waals surface area contributed by atoms with Crippen molar-refractivity contribution in [2.45, 2.75) is 18.7 Å². The van der Waals surface area contributed by atoms with Crippen molar-refractivity contribution in [2.75, 3.05) is 0 Å². The summed E-state index contributed by atoms with van der Waals surface area (Å²) in [5.41, 5.74) is 0.697. The summed E-state index contributed by atoms with van der Waals surface area (Å²) in [5, 5.41) is 0. The summed E-state index contributed by atoms with van der Waals surface area (Å²) in [4.78, 5) is -0.160. The molecule has 1 aromatic carbocycles. The number of alkyl halides is 1. The average Bonchev–Trinajstić information content (AvgIpc) is 1.96. The molecule has 1 aromatic rings. The summed E-state index contributed by atoms with van der Waals surface area (Å²) < 4.78 is 26.0. The maximum absolute atomic E-state index is 13.1. The van der Waals surface area contributed by atoms with Gasteiger partial charge in [-0.3, -0.25) is 0 Å². The second kappa shape index (κ2) is 3.52. The zero-order chi connectivity index (χ0) is 9.30. The van der Waals surface area contributed by atoms with E-state index in [9.17, 15) is 8.78 Å². The molecule has 0 spiro atoms. The van der Waals surface area contributed by atoms with Gasteiger partial charge in [0.05, 0.1) is 0 Å². The van der Waals surface area contributed by atoms with Gasteiger partial charge < -0.3 is 0 Å². The van der Waals surface area contributed by atoms with E-state index in [4.69, 9.17) is 0 Å². The van der Waals surface area contributed by atoms with Gasteiger partial charge in [-0.25, -0.2) is 8.78 Å². The van der Waals surface area contributed by atoms with Crippen LogP contribution in [0.25, 0.3) is 0 Å². The van der Waals surface area contributed by atoms with Gasteiger partial charge in [-0.05, 0) is 31.5 Å². The molecule has 0 heterocycles. The van der Waals surface area contributed by atoms with Gasteiger partial charge in [0.25, 0.3) is 0 Å². The first-order valence-electron chi connectivity index (χ1n) is 3.62. The van der Waals surface area contributed by atoms with E-state index >= 15 is 0 Å². The number of hydrogen-bond acceptors (Lipinski definition) is 0. The van der Waals surface area contributed by atoms with Crippen LogP contribution in [0.3, 0.4) is 0 Å². The first-order valence-corrected chi connectivity index (χ1v) is 4.53. The monoisotopic (exact) mass is 234 g/mol. The summed E-state index contributed by atoms with van der Waals surface area (Å²) in [6.07, 6.45) is 0. The fourth-order valence-corrected chi connectivity index (χ4v) is 1.32. The zero-order valence-corrected chi connectivity index (χ0v) is 8.45. The van der Waals surface area contributed by atoms with Crippen molar-refractivity contribution in [1.82, 2.24) is 0 Å². The van der Waals surface area contributed by atoms with Gasteiger partial charge in [-0.1, -0.05) is 15.9 Å². The molecule has 0 aliphatic rings. The predicted molar refractivity (Wildman–Crippen MR) is 48.4 cm³/mol. The summed E-state index contributed by atoms with van der Waals surface area (Å²) in [5.74, 6) is -0.726. The fraction of sp³-hybridized carbons (Fsp3) is 0.333. The van der Waals surface area contributed by atoms with Gasteiger partial charge in [-0.15, -0.1) is 0 Å². The Balaban J connectivity index is 3.23. The molecule has 66 valence electrons. The minimum atomic E-state index is -0.363. The zero-order valence-electron chi connectivity index (χ0n) is 6.87. The number of benzene rings is 1. The number of aryl methyl sites for hydroxylation is 1. The highest BCUT2D eigenvalue weighted by Crippen LogP contribution is 2.26. The van der Waals surface area contributed by atoms with Crippen molar-refractivity contribution in [3.05, 3.63) is 34.9 Å². The lowest BCUT2D eigenvalue weighted by molar-refractivity contribution is 0.580. The van der Waals surface area contributed by atoms with Crippen molar-refractivity contribution in [3.63, 3.8) is 0 Å². The van der Waals surface area contributed by atoms with Gasteiger partial charge in [0.2, 0.25) is 0 Å². The van der Waals surface area contributed by atoms with Gasteiger partial charge in [0.1, 0.15) is 11.6 Å². The molecule has 0 aliphatic heterocycles. The molecule has 1 unspecified atom stereocenters. The molecule has 0 amide bonds. The van der Waals surface area contributed by atoms with Crippen LogP contribution in [-0.4, -0.2) is 0 Å². The Bertz CT molecular complexity index is 295. The van der Waals surface area contributed by atoms with E-state index in [-0.39, 0.29) is 16.5 Å². The van der Waals surface area contributed by atoms with Crippen LogP contribution in [0.1, 0.15) is 22.9 Å². The van der Waals surface area contributed by atoms with E-state index in [1.54, 1.807) is 13.8 Å². The molecule has 3 heteroatoms. The Morgan fingerprint density at radius 3 is 2.33 bits per heavy atom. The maximum atomic E-state index is 13.1. The maximum Gasteiger partial charge on any atom is 0.127 e. The van der Waals surface area contributed by atoms with E-state index in [1.807, 2.05) is 0 Å². The van der Waals surface area contributed by atoms with Crippen LogP contribution in [0.5, 0.6) is 0 Å². The predicted octanol–water partition coefficient (Wildman–Crippen LogP) is 3.73. The molecule has 0 bridgehead atoms. The fourth-order valence-electron chi connectivity index (χ4n) is 0.967. The van der Waals surface area contributed by atoms with Crippen LogP contribution in [0.2, 0.25) is 0 Å². The molecule has 0 saturated heterocycles. The largest absolute Gasteiger partial charge is 0.207 e. The van der Waals surface area contributed by atoms with E-state index in [1.165, 1.54) is 12.1 Å². The number of rotatable bonds is 1. The van der Waals surface area contributed by atoms with Crippen molar-refractivity contribution in [1.29, 1.82) is 0 Å². The molecule has 0 saturated carbocycles. The first-order chi connectivity index (χ1) is 5.52. The standard InChI is InChI=1S/C9H9BrF2/c1-5-3-9(12)7(6(2)10)4-8(5)11/h3-4,6H,1-2H3. The highest BCUT2D eigenvalue weighted by atomic mass is 79.9. The van der Waals surface area contributed by atoms with Crippen LogP contribution >= 0.6 is 15.9 Å². The molecule has 1 atom stereocenters. The Morgan fingerprint density at radius 1 is 1.25 bits per heavy atom. The second-order valence-corrected chi connectivity index (χ2v) is 4.11. The molecule has 12 heavy (non-hydrogen) atoms. The Hall–Kier alpha value is -0.440. The molecule has 0 fully saturated rings. The number of hydrogen-bond donors (Lipinski definition) is 0. The van der Waals surface area contributed by atoms with Crippen LogP contribution in [-0.2, 0) is 0 Å². The summed E-state index contributed by atoms with van der Waals surface area (Å²) >= 11 is 3.19. The van der Waals surface area contributed by atoms with Gasteiger partial charge in [0.15, 0.2) is 0 Å². The molecular weight excluding hydrogens is 226 g/mol. The van der Waals surface area contributed by atoms with E-state index in [0.29, 0.717) is 11.1 Å². The molecule has 0 aliphatic carbocycles. The Morgan fingerprint density at radius 2 is 1.83 bits per heavy atom. The normalized spacial score (nSPS) is 13.1. The average molecular weight is 235 g/mol. The van der Waals surface area contributed by atoms with E-state index in [2.05, 4.69) is 15.9 Å². The highest BCUT2D eigenvalue weighted by Gasteiger charge is 2.10. The lowest BCUT2D eigenvalue weighted by atomic mass is 10.1. The third-order valence-corrected chi connectivity index (χ3v) is 2.20. The SMILES string of the molecule is Cc1cc(F)c(C(C)Br)cc1F. The van der Waals surface area contributed by atoms with Crippen LogP contribution in [0.15, 0.2) is 12.1 Å². The van der Waals surface area contributed by atoms with Crippen molar-refractivity contribution in [3.8, 4) is 0 Å². The van der Waals surface area contributed by atoms with E-state index < -0.39 is 0 Å². The smallest absolute Gasteiger partial charge is 0.127 e. The highest BCUT2D eigenvalue weighted by molar-refractivity contribution is 9.09. The van der Waals surface area contributed by atoms with E-state index in [0.717, 1.165) is 0 Å². The Labute approximate surface area is 78.7 Å². The minimum Gasteiger partial charge on any atom is -0.207 e. The lowest BCUT2D eigenvalue weighted by Crippen LogP contribution is -1.94. The van der Waals surface area contributed by atoms with Gasteiger partial charge in [0, 0.05) is 10.4 Å². The van der Waals surface area contributed by atoms with Crippen LogP contribution < -0.4 is 0 Å². The quantitative estimate of drug-likeness (QED) is 0.650. The molecule has 0 radical (unpaired) electrons. The summed E-state index contributed by atoms with van der Waals surface area (Å²) in [6.45, 7) is 3.30.